The quantitative estimate of drug-likeness (QED) is 0.385. The summed E-state index contributed by atoms with van der Waals surface area (Å²) in [6.07, 6.45) is 2.97. The Kier molecular flexibility index (Phi) is 3.50. The van der Waals surface area contributed by atoms with Gasteiger partial charge in [-0.25, -0.2) is 0 Å². The van der Waals surface area contributed by atoms with Crippen molar-refractivity contribution in [2.45, 2.75) is 6.92 Å². The van der Waals surface area contributed by atoms with Crippen LogP contribution in [0.3, 0.4) is 0 Å². The second-order valence-corrected chi connectivity index (χ2v) is 1.37. The number of nitrogens with zero attached hydrogens (tertiary/aromatic N) is 1. The molecule has 0 radical (unpaired) electrons. The van der Waals surface area contributed by atoms with Crippen molar-refractivity contribution in [1.82, 2.24) is 0 Å². The van der Waals surface area contributed by atoms with Crippen LogP contribution in [-0.2, 0) is 0 Å². The van der Waals surface area contributed by atoms with E-state index in [9.17, 15) is 0 Å². The number of nitrogens with two attached hydrogens (primary N) is 1. The minimum absolute atomic E-state index is 0.544. The topological polar surface area (TPSA) is 38.4 Å². The fourth-order valence-electron chi connectivity index (χ4n) is 0.175. The van der Waals surface area contributed by atoms with Gasteiger partial charge in [0, 0.05) is 12.4 Å². The average Bonchev–Trinajstić information content (AvgIpc) is 1.68. The molecule has 0 bridgehead atoms. The lowest BCUT2D eigenvalue weighted by Gasteiger charge is -1.80. The Balaban J connectivity index is 3.58. The Morgan fingerprint density at radius 3 is 2.57 bits per heavy atom. The van der Waals surface area contributed by atoms with Crippen LogP contribution in [-0.4, -0.2) is 6.21 Å². The first-order valence-electron chi connectivity index (χ1n) is 1.90. The van der Waals surface area contributed by atoms with Gasteiger partial charge < -0.3 is 5.73 Å². The van der Waals surface area contributed by atoms with Crippen molar-refractivity contribution >= 4 is 18.8 Å². The van der Waals surface area contributed by atoms with E-state index >= 15 is 0 Å². The zero-order chi connectivity index (χ0) is 5.70. The highest BCUT2D eigenvalue weighted by Gasteiger charge is 1.72. The first-order chi connectivity index (χ1) is 3.31. The van der Waals surface area contributed by atoms with E-state index in [1.165, 1.54) is 6.20 Å². The van der Waals surface area contributed by atoms with Crippen LogP contribution in [0, 0.1) is 0 Å². The Morgan fingerprint density at radius 2 is 2.43 bits per heavy atom. The molecule has 0 saturated carbocycles. The molecule has 0 aromatic heterocycles. The Bertz CT molecular complexity index is 95.9. The van der Waals surface area contributed by atoms with Crippen molar-refractivity contribution in [2.75, 3.05) is 0 Å². The minimum atomic E-state index is 0.544. The summed E-state index contributed by atoms with van der Waals surface area (Å²) in [5.74, 6) is 0. The van der Waals surface area contributed by atoms with Crippen LogP contribution in [0.5, 0.6) is 0 Å². The maximum absolute atomic E-state index is 5.01. The third-order valence-corrected chi connectivity index (χ3v) is 0.675. The standard InChI is InChI=1S/C4H8N2S/c1-2-6-4(7)3-5/h2-3,7H,5H2,1H3/b4-3+,6-2-. The van der Waals surface area contributed by atoms with Crippen LogP contribution in [0.15, 0.2) is 16.2 Å². The van der Waals surface area contributed by atoms with E-state index in [-0.39, 0.29) is 0 Å². The highest BCUT2D eigenvalue weighted by Crippen LogP contribution is 1.95. The molecule has 0 spiro atoms. The lowest BCUT2D eigenvalue weighted by atomic mass is 10.8. The smallest absolute Gasteiger partial charge is 0.108 e. The van der Waals surface area contributed by atoms with Gasteiger partial charge in [0.25, 0.3) is 0 Å². The molecule has 0 fully saturated rings. The number of hydrogen-bond donors (Lipinski definition) is 2. The van der Waals surface area contributed by atoms with Gasteiger partial charge in [-0.3, -0.25) is 4.99 Å². The second-order valence-electron chi connectivity index (χ2n) is 0.912. The van der Waals surface area contributed by atoms with Gasteiger partial charge in [-0.1, -0.05) is 0 Å². The van der Waals surface area contributed by atoms with Crippen LogP contribution in [0.4, 0.5) is 0 Å². The molecule has 0 aliphatic heterocycles. The number of hydrogen-bond acceptors (Lipinski definition) is 3. The summed E-state index contributed by atoms with van der Waals surface area (Å²) >= 11 is 3.85. The third kappa shape index (κ3) is 3.39. The zero-order valence-corrected chi connectivity index (χ0v) is 5.02. The summed E-state index contributed by atoms with van der Waals surface area (Å²) in [5.41, 5.74) is 5.01. The molecule has 7 heavy (non-hydrogen) atoms. The van der Waals surface area contributed by atoms with Crippen molar-refractivity contribution < 1.29 is 0 Å². The van der Waals surface area contributed by atoms with E-state index in [1.807, 2.05) is 0 Å². The van der Waals surface area contributed by atoms with E-state index in [2.05, 4.69) is 17.6 Å². The molecule has 2 nitrogen and oxygen atoms in total. The number of rotatable bonds is 1. The van der Waals surface area contributed by atoms with Gasteiger partial charge in [-0.05, 0) is 6.92 Å². The molecule has 0 aromatic rings. The van der Waals surface area contributed by atoms with Crippen LogP contribution >= 0.6 is 12.6 Å². The van der Waals surface area contributed by atoms with E-state index < -0.39 is 0 Å². The molecular formula is C4H8N2S. The summed E-state index contributed by atoms with van der Waals surface area (Å²) in [7, 11) is 0. The SMILES string of the molecule is C/C=N\C(S)=C/N. The van der Waals surface area contributed by atoms with Crippen LogP contribution in [0.2, 0.25) is 0 Å². The van der Waals surface area contributed by atoms with Crippen molar-refractivity contribution in [3.05, 3.63) is 11.2 Å². The molecule has 0 heterocycles. The molecule has 0 aliphatic rings. The fourth-order valence-corrected chi connectivity index (χ4v) is 0.291. The molecular weight excluding hydrogens is 108 g/mol. The molecule has 0 saturated heterocycles. The zero-order valence-electron chi connectivity index (χ0n) is 4.13. The largest absolute Gasteiger partial charge is 0.402 e. The number of thiol groups is 1. The highest BCUT2D eigenvalue weighted by molar-refractivity contribution is 7.84. The maximum atomic E-state index is 5.01. The highest BCUT2D eigenvalue weighted by atomic mass is 32.1. The molecule has 0 aromatic carbocycles. The molecule has 0 atom stereocenters. The lowest BCUT2D eigenvalue weighted by Crippen LogP contribution is -1.77. The summed E-state index contributed by atoms with van der Waals surface area (Å²) < 4.78 is 0. The van der Waals surface area contributed by atoms with Crippen molar-refractivity contribution in [2.24, 2.45) is 10.7 Å². The van der Waals surface area contributed by atoms with Crippen molar-refractivity contribution in [3.8, 4) is 0 Å². The van der Waals surface area contributed by atoms with Gasteiger partial charge in [0.1, 0.15) is 5.03 Å². The first kappa shape index (κ1) is 6.56. The minimum Gasteiger partial charge on any atom is -0.402 e. The summed E-state index contributed by atoms with van der Waals surface area (Å²) in [6, 6.07) is 0. The van der Waals surface area contributed by atoms with E-state index in [0.717, 1.165) is 0 Å². The monoisotopic (exact) mass is 116 g/mol. The van der Waals surface area contributed by atoms with Gasteiger partial charge in [-0.15, -0.1) is 12.6 Å². The molecule has 40 valence electrons. The second kappa shape index (κ2) is 3.74. The predicted octanol–water partition coefficient (Wildman–Crippen LogP) is 0.765. The predicted molar refractivity (Wildman–Crippen MR) is 35.4 cm³/mol. The van der Waals surface area contributed by atoms with Crippen LogP contribution < -0.4 is 5.73 Å². The normalized spacial score (nSPS) is 13.1. The first-order valence-corrected chi connectivity index (χ1v) is 2.35. The van der Waals surface area contributed by atoms with Crippen LogP contribution in [0.25, 0.3) is 0 Å². The fraction of sp³-hybridized carbons (Fsp3) is 0.250. The van der Waals surface area contributed by atoms with Gasteiger partial charge in [-0.2, -0.15) is 0 Å². The number of aliphatic imine (C=N–C) groups is 1. The third-order valence-electron chi connectivity index (χ3n) is 0.410. The summed E-state index contributed by atoms with van der Waals surface area (Å²) in [5, 5.41) is 0.544. The van der Waals surface area contributed by atoms with Gasteiger partial charge in [0.05, 0.1) is 0 Å². The van der Waals surface area contributed by atoms with E-state index in [0.29, 0.717) is 5.03 Å². The van der Waals surface area contributed by atoms with Crippen molar-refractivity contribution in [3.63, 3.8) is 0 Å². The van der Waals surface area contributed by atoms with Gasteiger partial charge in [0.2, 0.25) is 0 Å². The summed E-state index contributed by atoms with van der Waals surface area (Å²) in [6.45, 7) is 1.81. The Hall–Kier alpha value is -0.440. The van der Waals surface area contributed by atoms with Gasteiger partial charge >= 0.3 is 0 Å². The Morgan fingerprint density at radius 1 is 1.86 bits per heavy atom. The van der Waals surface area contributed by atoms with Crippen LogP contribution in [0.1, 0.15) is 6.92 Å². The average molecular weight is 116 g/mol. The molecule has 2 N–H and O–H groups in total. The lowest BCUT2D eigenvalue weighted by molar-refractivity contribution is 1.46. The van der Waals surface area contributed by atoms with E-state index in [4.69, 9.17) is 5.73 Å². The molecule has 0 rings (SSSR count). The molecule has 0 amide bonds. The molecule has 0 unspecified atom stereocenters. The molecule has 0 aliphatic carbocycles. The van der Waals surface area contributed by atoms with Crippen molar-refractivity contribution in [1.29, 1.82) is 0 Å². The maximum Gasteiger partial charge on any atom is 0.108 e. The van der Waals surface area contributed by atoms with E-state index in [1.54, 1.807) is 13.1 Å². The Labute approximate surface area is 48.5 Å². The molecule has 3 heteroatoms. The van der Waals surface area contributed by atoms with Gasteiger partial charge in [0.15, 0.2) is 0 Å². The summed E-state index contributed by atoms with van der Waals surface area (Å²) in [4.78, 5) is 3.72.